The molecule has 0 bridgehead atoms. The van der Waals surface area contributed by atoms with Crippen LogP contribution in [0.2, 0.25) is 0 Å². The van der Waals surface area contributed by atoms with E-state index in [2.05, 4.69) is 10.0 Å². The average molecular weight is 408 g/mol. The summed E-state index contributed by atoms with van der Waals surface area (Å²) in [7, 11) is -3.96. The van der Waals surface area contributed by atoms with E-state index >= 15 is 0 Å². The smallest absolute Gasteiger partial charge is 0.243 e. The third kappa shape index (κ3) is 6.19. The number of halogens is 2. The summed E-state index contributed by atoms with van der Waals surface area (Å²) in [6.07, 6.45) is 2.74. The molecule has 1 fully saturated rings. The molecule has 6 nitrogen and oxygen atoms in total. The summed E-state index contributed by atoms with van der Waals surface area (Å²) in [5, 5.41) is 3.27. The topological polar surface area (TPSA) is 78.5 Å². The van der Waals surface area contributed by atoms with E-state index in [1.165, 1.54) is 18.2 Å². The maximum absolute atomic E-state index is 13.6. The predicted molar refractivity (Wildman–Crippen MR) is 101 cm³/mol. The number of sulfonamides is 1. The molecule has 2 rings (SSSR count). The molecule has 0 radical (unpaired) electrons. The van der Waals surface area contributed by atoms with E-state index in [9.17, 15) is 17.6 Å². The Hall–Kier alpha value is -1.22. The van der Waals surface area contributed by atoms with Crippen molar-refractivity contribution in [2.45, 2.75) is 43.5 Å². The maximum Gasteiger partial charge on any atom is 0.243 e. The summed E-state index contributed by atoms with van der Waals surface area (Å²) in [5.41, 5.74) is 0. The second-order valence-electron chi connectivity index (χ2n) is 6.15. The van der Waals surface area contributed by atoms with Crippen LogP contribution in [-0.4, -0.2) is 51.4 Å². The number of benzene rings is 1. The standard InChI is InChI=1S/C17H26FN3O3S.ClH/c1-2-13-21(14-7-10-19-11-8-14)17(22)9-12-20-25(23,24)16-6-4-3-5-15(16)18;/h3-6,14,19-20H,2,7-13H2,1H3;1H. The molecule has 1 aliphatic rings. The summed E-state index contributed by atoms with van der Waals surface area (Å²) in [6.45, 7) is 4.42. The van der Waals surface area contributed by atoms with Crippen molar-refractivity contribution in [1.29, 1.82) is 0 Å². The van der Waals surface area contributed by atoms with Gasteiger partial charge >= 0.3 is 0 Å². The number of carbonyl (C=O) groups excluding carboxylic acids is 1. The summed E-state index contributed by atoms with van der Waals surface area (Å²) in [5.74, 6) is -0.867. The van der Waals surface area contributed by atoms with Crippen molar-refractivity contribution in [1.82, 2.24) is 14.9 Å². The first-order valence-electron chi connectivity index (χ1n) is 8.70. The third-order valence-corrected chi connectivity index (χ3v) is 5.79. The Bertz CT molecular complexity index is 682. The number of piperidine rings is 1. The van der Waals surface area contributed by atoms with Gasteiger partial charge in [-0.15, -0.1) is 12.4 Å². The molecule has 1 amide bonds. The van der Waals surface area contributed by atoms with Crippen LogP contribution >= 0.6 is 12.4 Å². The van der Waals surface area contributed by atoms with Gasteiger partial charge in [0.05, 0.1) is 0 Å². The van der Waals surface area contributed by atoms with Gasteiger partial charge in [0.25, 0.3) is 0 Å². The molecule has 148 valence electrons. The number of nitrogens with zero attached hydrogens (tertiary/aromatic N) is 1. The molecular formula is C17H27ClFN3O3S. The van der Waals surface area contributed by atoms with E-state index in [1.54, 1.807) is 0 Å². The monoisotopic (exact) mass is 407 g/mol. The molecule has 1 saturated heterocycles. The molecule has 0 aromatic heterocycles. The van der Waals surface area contributed by atoms with Crippen molar-refractivity contribution in [3.05, 3.63) is 30.1 Å². The molecule has 1 aromatic carbocycles. The van der Waals surface area contributed by atoms with Crippen molar-refractivity contribution in [3.8, 4) is 0 Å². The van der Waals surface area contributed by atoms with Crippen LogP contribution in [0.3, 0.4) is 0 Å². The van der Waals surface area contributed by atoms with Crippen molar-refractivity contribution in [2.75, 3.05) is 26.2 Å². The zero-order valence-electron chi connectivity index (χ0n) is 14.9. The molecule has 1 aromatic rings. The highest BCUT2D eigenvalue weighted by atomic mass is 35.5. The van der Waals surface area contributed by atoms with Crippen LogP contribution in [0, 0.1) is 5.82 Å². The Kier molecular flexibility index (Phi) is 9.49. The molecule has 9 heteroatoms. The van der Waals surface area contributed by atoms with Gasteiger partial charge in [-0.1, -0.05) is 19.1 Å². The largest absolute Gasteiger partial charge is 0.340 e. The lowest BCUT2D eigenvalue weighted by molar-refractivity contribution is -0.133. The summed E-state index contributed by atoms with van der Waals surface area (Å²) in [6, 6.07) is 5.40. The summed E-state index contributed by atoms with van der Waals surface area (Å²) >= 11 is 0. The number of rotatable bonds is 8. The SMILES string of the molecule is CCCN(C(=O)CCNS(=O)(=O)c1ccccc1F)C1CCNCC1.Cl. The molecule has 26 heavy (non-hydrogen) atoms. The molecule has 1 aliphatic heterocycles. The van der Waals surface area contributed by atoms with Gasteiger partial charge in [0.2, 0.25) is 15.9 Å². The number of carbonyl (C=O) groups is 1. The lowest BCUT2D eigenvalue weighted by atomic mass is 10.0. The minimum atomic E-state index is -3.96. The lowest BCUT2D eigenvalue weighted by Crippen LogP contribution is -2.47. The van der Waals surface area contributed by atoms with Crippen LogP contribution in [0.15, 0.2) is 29.2 Å². The lowest BCUT2D eigenvalue weighted by Gasteiger charge is -2.34. The van der Waals surface area contributed by atoms with Gasteiger partial charge in [-0.2, -0.15) is 0 Å². The van der Waals surface area contributed by atoms with E-state index in [1.807, 2.05) is 11.8 Å². The quantitative estimate of drug-likeness (QED) is 0.690. The van der Waals surface area contributed by atoms with Crippen molar-refractivity contribution in [3.63, 3.8) is 0 Å². The molecule has 0 aliphatic carbocycles. The molecule has 0 atom stereocenters. The van der Waals surface area contributed by atoms with E-state index in [4.69, 9.17) is 0 Å². The first kappa shape index (κ1) is 22.8. The van der Waals surface area contributed by atoms with Crippen molar-refractivity contribution >= 4 is 28.3 Å². The van der Waals surface area contributed by atoms with E-state index in [0.29, 0.717) is 6.54 Å². The highest BCUT2D eigenvalue weighted by molar-refractivity contribution is 7.89. The van der Waals surface area contributed by atoms with Gasteiger partial charge in [-0.05, 0) is 44.5 Å². The fraction of sp³-hybridized carbons (Fsp3) is 0.588. The first-order valence-corrected chi connectivity index (χ1v) is 10.2. The minimum absolute atomic E-state index is 0. The van der Waals surface area contributed by atoms with Gasteiger partial charge in [0, 0.05) is 25.6 Å². The minimum Gasteiger partial charge on any atom is -0.340 e. The van der Waals surface area contributed by atoms with Crippen LogP contribution in [0.4, 0.5) is 4.39 Å². The zero-order valence-corrected chi connectivity index (χ0v) is 16.5. The molecule has 1 heterocycles. The van der Waals surface area contributed by atoms with Crippen molar-refractivity contribution in [2.24, 2.45) is 0 Å². The number of hydrogen-bond donors (Lipinski definition) is 2. The van der Waals surface area contributed by atoms with Crippen molar-refractivity contribution < 1.29 is 17.6 Å². The maximum atomic E-state index is 13.6. The molecular weight excluding hydrogens is 381 g/mol. The zero-order chi connectivity index (χ0) is 18.3. The molecule has 0 unspecified atom stereocenters. The van der Waals surface area contributed by atoms with Crippen LogP contribution in [0.1, 0.15) is 32.6 Å². The molecule has 2 N–H and O–H groups in total. The first-order chi connectivity index (χ1) is 12.0. The Morgan fingerprint density at radius 3 is 2.58 bits per heavy atom. The van der Waals surface area contributed by atoms with Gasteiger partial charge in [0.1, 0.15) is 10.7 Å². The Morgan fingerprint density at radius 1 is 1.31 bits per heavy atom. The van der Waals surface area contributed by atoms with Gasteiger partial charge in [-0.3, -0.25) is 4.79 Å². The van der Waals surface area contributed by atoms with Crippen LogP contribution in [0.25, 0.3) is 0 Å². The Morgan fingerprint density at radius 2 is 1.96 bits per heavy atom. The predicted octanol–water partition coefficient (Wildman–Crippen LogP) is 1.91. The Labute approximate surface area is 161 Å². The van der Waals surface area contributed by atoms with Gasteiger partial charge in [0.15, 0.2) is 0 Å². The second kappa shape index (κ2) is 10.8. The fourth-order valence-corrected chi connectivity index (χ4v) is 4.16. The van der Waals surface area contributed by atoms with E-state index in [0.717, 1.165) is 38.4 Å². The highest BCUT2D eigenvalue weighted by Gasteiger charge is 2.25. The fourth-order valence-electron chi connectivity index (χ4n) is 3.05. The van der Waals surface area contributed by atoms with E-state index in [-0.39, 0.29) is 37.3 Å². The molecule has 0 spiro atoms. The summed E-state index contributed by atoms with van der Waals surface area (Å²) < 4.78 is 40.3. The van der Waals surface area contributed by atoms with Gasteiger partial charge in [-0.25, -0.2) is 17.5 Å². The number of nitrogens with one attached hydrogen (secondary N) is 2. The number of hydrogen-bond acceptors (Lipinski definition) is 4. The molecule has 0 saturated carbocycles. The number of amides is 1. The van der Waals surface area contributed by atoms with E-state index < -0.39 is 20.7 Å². The highest BCUT2D eigenvalue weighted by Crippen LogP contribution is 2.15. The Balaban J connectivity index is 0.00000338. The van der Waals surface area contributed by atoms with Crippen LogP contribution < -0.4 is 10.0 Å². The second-order valence-corrected chi connectivity index (χ2v) is 7.88. The van der Waals surface area contributed by atoms with Crippen LogP contribution in [-0.2, 0) is 14.8 Å². The average Bonchev–Trinajstić information content (AvgIpc) is 2.60. The normalized spacial score (nSPS) is 15.3. The van der Waals surface area contributed by atoms with Gasteiger partial charge < -0.3 is 10.2 Å². The summed E-state index contributed by atoms with van der Waals surface area (Å²) in [4.78, 5) is 14.0. The van der Waals surface area contributed by atoms with Crippen LogP contribution in [0.5, 0.6) is 0 Å². The third-order valence-electron chi connectivity index (χ3n) is 4.29.